The van der Waals surface area contributed by atoms with Crippen LogP contribution in [0.1, 0.15) is 0 Å². The minimum absolute atomic E-state index is 0.0331. The molecule has 0 aliphatic carbocycles. The summed E-state index contributed by atoms with van der Waals surface area (Å²) in [6, 6.07) is 15.5. The largest absolute Gasteiger partial charge is 0.324 e. The summed E-state index contributed by atoms with van der Waals surface area (Å²) in [5.74, 6) is 0.334. The Morgan fingerprint density at radius 3 is 2.42 bits per heavy atom. The molecule has 0 aliphatic heterocycles. The summed E-state index contributed by atoms with van der Waals surface area (Å²) in [7, 11) is -3.73. The number of aromatic nitrogens is 5. The van der Waals surface area contributed by atoms with Crippen molar-refractivity contribution >= 4 is 32.8 Å². The number of nitrogens with zero attached hydrogens (tertiary/aromatic N) is 5. The number of rotatable bonds is 4. The number of anilines is 2. The normalized spacial score (nSPS) is 11.6. The molecule has 4 aromatic rings. The fourth-order valence-electron chi connectivity index (χ4n) is 2.39. The van der Waals surface area contributed by atoms with Gasteiger partial charge in [0.2, 0.25) is 16.0 Å². The van der Waals surface area contributed by atoms with Gasteiger partial charge < -0.3 is 5.32 Å². The van der Waals surface area contributed by atoms with Crippen LogP contribution in [-0.2, 0) is 10.0 Å². The van der Waals surface area contributed by atoms with Crippen LogP contribution < -0.4 is 10.5 Å². The average Bonchev–Trinajstić information content (AvgIpc) is 3.05. The predicted molar refractivity (Wildman–Crippen MR) is 95.6 cm³/mol. The molecule has 0 saturated carbocycles. The second-order valence-electron chi connectivity index (χ2n) is 5.43. The van der Waals surface area contributed by atoms with Gasteiger partial charge in [0, 0.05) is 5.69 Å². The van der Waals surface area contributed by atoms with Crippen LogP contribution in [0.15, 0.2) is 65.7 Å². The summed E-state index contributed by atoms with van der Waals surface area (Å²) in [4.78, 5) is 8.68. The van der Waals surface area contributed by atoms with Crippen molar-refractivity contribution in [1.82, 2.24) is 25.0 Å². The van der Waals surface area contributed by atoms with E-state index in [0.717, 1.165) is 5.69 Å². The van der Waals surface area contributed by atoms with Gasteiger partial charge in [-0.3, -0.25) is 0 Å². The molecular weight excluding hydrogens is 354 g/mol. The van der Waals surface area contributed by atoms with E-state index in [1.54, 1.807) is 23.0 Å². The molecule has 0 spiro atoms. The standard InChI is InChI=1S/C16H13N7O2S/c17-26(24,25)13-8-6-11(7-9-13)19-16-18-10-14-15(20-16)23(22-21-14)12-4-2-1-3-5-12/h1-10H,(H2,17,24,25)(H,18,19,20). The number of nitrogens with two attached hydrogens (primary N) is 1. The third-order valence-corrected chi connectivity index (χ3v) is 4.56. The third kappa shape index (κ3) is 3.10. The maximum absolute atomic E-state index is 11.3. The number of hydrogen-bond acceptors (Lipinski definition) is 7. The number of fused-ring (bicyclic) bond motifs is 1. The molecule has 0 saturated heterocycles. The van der Waals surface area contributed by atoms with Gasteiger partial charge in [-0.15, -0.1) is 5.10 Å². The molecular formula is C16H13N7O2S. The SMILES string of the molecule is NS(=O)(=O)c1ccc(Nc2ncc3nnn(-c4ccccc4)c3n2)cc1. The Kier molecular flexibility index (Phi) is 3.82. The first-order valence-corrected chi connectivity index (χ1v) is 9.09. The molecule has 0 radical (unpaired) electrons. The highest BCUT2D eigenvalue weighted by Gasteiger charge is 2.11. The topological polar surface area (TPSA) is 129 Å². The monoisotopic (exact) mass is 367 g/mol. The van der Waals surface area contributed by atoms with Gasteiger partial charge in [-0.05, 0) is 36.4 Å². The molecule has 130 valence electrons. The van der Waals surface area contributed by atoms with Crippen molar-refractivity contribution in [2.24, 2.45) is 5.14 Å². The Morgan fingerprint density at radius 2 is 1.73 bits per heavy atom. The molecule has 10 heteroatoms. The molecule has 2 aromatic heterocycles. The molecule has 0 unspecified atom stereocenters. The van der Waals surface area contributed by atoms with Crippen LogP contribution in [0, 0.1) is 0 Å². The molecule has 26 heavy (non-hydrogen) atoms. The lowest BCUT2D eigenvalue weighted by Gasteiger charge is -2.06. The molecule has 4 rings (SSSR count). The predicted octanol–water partition coefficient (Wildman–Crippen LogP) is 1.60. The lowest BCUT2D eigenvalue weighted by atomic mass is 10.3. The van der Waals surface area contributed by atoms with E-state index in [0.29, 0.717) is 22.8 Å². The zero-order valence-corrected chi connectivity index (χ0v) is 14.1. The zero-order chi connectivity index (χ0) is 18.1. The van der Waals surface area contributed by atoms with Gasteiger partial charge in [0.05, 0.1) is 16.8 Å². The summed E-state index contributed by atoms with van der Waals surface area (Å²) in [6.45, 7) is 0. The number of primary sulfonamides is 1. The van der Waals surface area contributed by atoms with E-state index in [4.69, 9.17) is 5.14 Å². The van der Waals surface area contributed by atoms with Crippen LogP contribution in [-0.4, -0.2) is 33.4 Å². The highest BCUT2D eigenvalue weighted by atomic mass is 32.2. The van der Waals surface area contributed by atoms with Crippen LogP contribution in [0.25, 0.3) is 16.9 Å². The van der Waals surface area contributed by atoms with E-state index < -0.39 is 10.0 Å². The molecule has 0 aliphatic rings. The first-order chi connectivity index (χ1) is 12.5. The van der Waals surface area contributed by atoms with Gasteiger partial charge in [0.15, 0.2) is 11.2 Å². The highest BCUT2D eigenvalue weighted by Crippen LogP contribution is 2.19. The smallest absolute Gasteiger partial charge is 0.238 e. The third-order valence-electron chi connectivity index (χ3n) is 3.63. The second-order valence-corrected chi connectivity index (χ2v) is 7.00. The second kappa shape index (κ2) is 6.17. The first-order valence-electron chi connectivity index (χ1n) is 7.54. The molecule has 0 amide bonds. The van der Waals surface area contributed by atoms with E-state index in [2.05, 4.69) is 25.6 Å². The van der Waals surface area contributed by atoms with Crippen molar-refractivity contribution in [3.8, 4) is 5.69 Å². The highest BCUT2D eigenvalue weighted by molar-refractivity contribution is 7.89. The van der Waals surface area contributed by atoms with Gasteiger partial charge in [-0.2, -0.15) is 9.67 Å². The molecule has 0 bridgehead atoms. The number of hydrogen-bond donors (Lipinski definition) is 2. The Labute approximate surface area is 148 Å². The van der Waals surface area contributed by atoms with Gasteiger partial charge in [0.1, 0.15) is 0 Å². The summed E-state index contributed by atoms with van der Waals surface area (Å²) >= 11 is 0. The van der Waals surface area contributed by atoms with E-state index in [1.807, 2.05) is 30.3 Å². The fraction of sp³-hybridized carbons (Fsp3) is 0. The van der Waals surface area contributed by atoms with Crippen LogP contribution in [0.3, 0.4) is 0 Å². The fourth-order valence-corrected chi connectivity index (χ4v) is 2.90. The summed E-state index contributed by atoms with van der Waals surface area (Å²) in [6.07, 6.45) is 1.57. The zero-order valence-electron chi connectivity index (χ0n) is 13.3. The summed E-state index contributed by atoms with van der Waals surface area (Å²) < 4.78 is 24.2. The summed E-state index contributed by atoms with van der Waals surface area (Å²) in [5, 5.41) is 16.3. The van der Waals surface area contributed by atoms with Crippen molar-refractivity contribution in [2.45, 2.75) is 4.90 Å². The van der Waals surface area contributed by atoms with Gasteiger partial charge >= 0.3 is 0 Å². The van der Waals surface area contributed by atoms with Crippen molar-refractivity contribution in [2.75, 3.05) is 5.32 Å². The van der Waals surface area contributed by atoms with E-state index in [-0.39, 0.29) is 4.90 Å². The minimum atomic E-state index is -3.73. The Hall–Kier alpha value is -3.37. The van der Waals surface area contributed by atoms with Crippen molar-refractivity contribution in [1.29, 1.82) is 0 Å². The molecule has 2 heterocycles. The Balaban J connectivity index is 1.67. The average molecular weight is 367 g/mol. The van der Waals surface area contributed by atoms with E-state index in [9.17, 15) is 8.42 Å². The van der Waals surface area contributed by atoms with E-state index in [1.165, 1.54) is 12.1 Å². The van der Waals surface area contributed by atoms with E-state index >= 15 is 0 Å². The minimum Gasteiger partial charge on any atom is -0.324 e. The maximum Gasteiger partial charge on any atom is 0.238 e. The lowest BCUT2D eigenvalue weighted by molar-refractivity contribution is 0.598. The molecule has 9 nitrogen and oxygen atoms in total. The van der Waals surface area contributed by atoms with Crippen LogP contribution in [0.5, 0.6) is 0 Å². The van der Waals surface area contributed by atoms with Crippen molar-refractivity contribution < 1.29 is 8.42 Å². The number of nitrogens with one attached hydrogen (secondary N) is 1. The summed E-state index contributed by atoms with van der Waals surface area (Å²) in [5.41, 5.74) is 2.56. The molecule has 2 aromatic carbocycles. The van der Waals surface area contributed by atoms with Crippen LogP contribution >= 0.6 is 0 Å². The van der Waals surface area contributed by atoms with Crippen LogP contribution in [0.4, 0.5) is 11.6 Å². The van der Waals surface area contributed by atoms with Crippen molar-refractivity contribution in [3.63, 3.8) is 0 Å². The quantitative estimate of drug-likeness (QED) is 0.560. The van der Waals surface area contributed by atoms with Crippen molar-refractivity contribution in [3.05, 3.63) is 60.8 Å². The number of para-hydroxylation sites is 1. The van der Waals surface area contributed by atoms with Gasteiger partial charge in [-0.25, -0.2) is 18.5 Å². The molecule has 0 fully saturated rings. The Morgan fingerprint density at radius 1 is 1.00 bits per heavy atom. The molecule has 0 atom stereocenters. The lowest BCUT2D eigenvalue weighted by Crippen LogP contribution is -2.11. The van der Waals surface area contributed by atoms with Gasteiger partial charge in [0.25, 0.3) is 0 Å². The van der Waals surface area contributed by atoms with Gasteiger partial charge in [-0.1, -0.05) is 23.4 Å². The first kappa shape index (κ1) is 16.1. The van der Waals surface area contributed by atoms with Crippen LogP contribution in [0.2, 0.25) is 0 Å². The Bertz CT molecular complexity index is 1170. The number of benzene rings is 2. The molecule has 3 N–H and O–H groups in total. The maximum atomic E-state index is 11.3. The number of sulfonamides is 1.